The zero-order valence-electron chi connectivity index (χ0n) is 26.1. The smallest absolute Gasteiger partial charge is 0.264 e. The Morgan fingerprint density at radius 2 is 1.37 bits per heavy atom. The molecule has 3 aromatic carbocycles. The standard InChI is InChI=1S/C35H45N3O4S/c1-6-33(35(40)36-30-10-8-7-9-11-30)37(23-29-16-12-25(2)13-17-29)34(39)24-38(31-21-27(4)20-28(5)22-31)43(41,42)32-18-14-26(3)15-19-32/h12-22,30,33H,6-11,23-24H2,1-5H3,(H,36,40). The minimum absolute atomic E-state index is 0.0975. The number of benzene rings is 3. The predicted octanol–water partition coefficient (Wildman–Crippen LogP) is 6.37. The summed E-state index contributed by atoms with van der Waals surface area (Å²) in [5.74, 6) is -0.615. The van der Waals surface area contributed by atoms with Gasteiger partial charge in [0.25, 0.3) is 10.0 Å². The summed E-state index contributed by atoms with van der Waals surface area (Å²) in [6, 6.07) is 19.4. The molecule has 1 aliphatic carbocycles. The number of sulfonamides is 1. The number of carbonyl (C=O) groups excluding carboxylic acids is 2. The maximum absolute atomic E-state index is 14.3. The molecule has 230 valence electrons. The lowest BCUT2D eigenvalue weighted by molar-refractivity contribution is -0.140. The van der Waals surface area contributed by atoms with E-state index in [-0.39, 0.29) is 23.4 Å². The average molecular weight is 604 g/mol. The van der Waals surface area contributed by atoms with E-state index in [0.717, 1.165) is 53.5 Å². The number of amides is 2. The summed E-state index contributed by atoms with van der Waals surface area (Å²) in [5.41, 5.74) is 5.10. The molecular formula is C35H45N3O4S. The number of aryl methyl sites for hydroxylation is 4. The Labute approximate surface area is 257 Å². The highest BCUT2D eigenvalue weighted by molar-refractivity contribution is 7.92. The van der Waals surface area contributed by atoms with Crippen molar-refractivity contribution in [1.29, 1.82) is 0 Å². The van der Waals surface area contributed by atoms with E-state index in [4.69, 9.17) is 0 Å². The van der Waals surface area contributed by atoms with Crippen LogP contribution in [0.3, 0.4) is 0 Å². The van der Waals surface area contributed by atoms with Crippen LogP contribution < -0.4 is 9.62 Å². The van der Waals surface area contributed by atoms with Gasteiger partial charge in [-0.15, -0.1) is 0 Å². The Hall–Kier alpha value is -3.65. The van der Waals surface area contributed by atoms with Crippen LogP contribution in [-0.4, -0.2) is 43.8 Å². The highest BCUT2D eigenvalue weighted by atomic mass is 32.2. The van der Waals surface area contributed by atoms with Gasteiger partial charge in [-0.05, 0) is 87.9 Å². The first-order valence-corrected chi connectivity index (χ1v) is 16.7. The van der Waals surface area contributed by atoms with Crippen molar-refractivity contribution in [3.05, 3.63) is 94.5 Å². The highest BCUT2D eigenvalue weighted by Gasteiger charge is 2.34. The monoisotopic (exact) mass is 603 g/mol. The molecule has 3 aromatic rings. The van der Waals surface area contributed by atoms with E-state index in [1.54, 1.807) is 41.3 Å². The molecule has 1 saturated carbocycles. The molecule has 0 radical (unpaired) electrons. The molecule has 0 aliphatic heterocycles. The number of carbonyl (C=O) groups is 2. The van der Waals surface area contributed by atoms with Gasteiger partial charge in [-0.1, -0.05) is 79.8 Å². The van der Waals surface area contributed by atoms with Crippen molar-refractivity contribution < 1.29 is 18.0 Å². The van der Waals surface area contributed by atoms with Crippen LogP contribution in [0, 0.1) is 27.7 Å². The second-order valence-corrected chi connectivity index (χ2v) is 13.8. The summed E-state index contributed by atoms with van der Waals surface area (Å²) in [7, 11) is -4.10. The lowest BCUT2D eigenvalue weighted by Crippen LogP contribution is -2.54. The normalized spacial score (nSPS) is 14.6. The Bertz CT molecular complexity index is 1490. The van der Waals surface area contributed by atoms with E-state index >= 15 is 0 Å². The number of hydrogen-bond donors (Lipinski definition) is 1. The van der Waals surface area contributed by atoms with Gasteiger partial charge in [-0.3, -0.25) is 13.9 Å². The molecular weight excluding hydrogens is 558 g/mol. The van der Waals surface area contributed by atoms with E-state index < -0.39 is 28.5 Å². The molecule has 0 bridgehead atoms. The first-order chi connectivity index (χ1) is 20.5. The molecule has 43 heavy (non-hydrogen) atoms. The molecule has 0 spiro atoms. The lowest BCUT2D eigenvalue weighted by atomic mass is 9.95. The SMILES string of the molecule is CCC(C(=O)NC1CCCCC1)N(Cc1ccc(C)cc1)C(=O)CN(c1cc(C)cc(C)c1)S(=O)(=O)c1ccc(C)cc1. The van der Waals surface area contributed by atoms with Crippen LogP contribution >= 0.6 is 0 Å². The van der Waals surface area contributed by atoms with Gasteiger partial charge in [0.15, 0.2) is 0 Å². The van der Waals surface area contributed by atoms with Gasteiger partial charge in [0.2, 0.25) is 11.8 Å². The van der Waals surface area contributed by atoms with E-state index in [0.29, 0.717) is 12.1 Å². The Morgan fingerprint density at radius 3 is 1.93 bits per heavy atom. The lowest BCUT2D eigenvalue weighted by Gasteiger charge is -2.34. The Balaban J connectivity index is 1.72. The van der Waals surface area contributed by atoms with E-state index in [9.17, 15) is 18.0 Å². The summed E-state index contributed by atoms with van der Waals surface area (Å²) in [6.07, 6.45) is 5.60. The van der Waals surface area contributed by atoms with Crippen LogP contribution in [0.25, 0.3) is 0 Å². The van der Waals surface area contributed by atoms with Crippen molar-refractivity contribution >= 4 is 27.5 Å². The average Bonchev–Trinajstić information content (AvgIpc) is 2.97. The predicted molar refractivity (Wildman–Crippen MR) is 172 cm³/mol. The minimum Gasteiger partial charge on any atom is -0.352 e. The largest absolute Gasteiger partial charge is 0.352 e. The first kappa shape index (κ1) is 32.3. The quantitative estimate of drug-likeness (QED) is 0.276. The molecule has 0 aromatic heterocycles. The molecule has 0 saturated heterocycles. The zero-order chi connectivity index (χ0) is 31.1. The van der Waals surface area contributed by atoms with Crippen LogP contribution in [0.4, 0.5) is 5.69 Å². The molecule has 7 nitrogen and oxygen atoms in total. The van der Waals surface area contributed by atoms with Gasteiger partial charge in [0.05, 0.1) is 10.6 Å². The Morgan fingerprint density at radius 1 is 0.814 bits per heavy atom. The molecule has 1 unspecified atom stereocenters. The molecule has 1 fully saturated rings. The van der Waals surface area contributed by atoms with Crippen LogP contribution in [-0.2, 0) is 26.2 Å². The van der Waals surface area contributed by atoms with Gasteiger partial charge in [0, 0.05) is 12.6 Å². The van der Waals surface area contributed by atoms with Gasteiger partial charge >= 0.3 is 0 Å². The second-order valence-electron chi connectivity index (χ2n) is 11.9. The van der Waals surface area contributed by atoms with Crippen molar-refractivity contribution in [3.63, 3.8) is 0 Å². The number of anilines is 1. The molecule has 1 atom stereocenters. The van der Waals surface area contributed by atoms with Gasteiger partial charge in [0.1, 0.15) is 12.6 Å². The summed E-state index contributed by atoms with van der Waals surface area (Å²) in [4.78, 5) is 29.7. The molecule has 1 N–H and O–H groups in total. The van der Waals surface area contributed by atoms with Gasteiger partial charge in [-0.25, -0.2) is 8.42 Å². The van der Waals surface area contributed by atoms with Crippen molar-refractivity contribution in [3.8, 4) is 0 Å². The summed E-state index contributed by atoms with van der Waals surface area (Å²) < 4.78 is 29.5. The third-order valence-corrected chi connectivity index (χ3v) is 9.98. The van der Waals surface area contributed by atoms with E-state index in [2.05, 4.69) is 5.32 Å². The first-order valence-electron chi connectivity index (χ1n) is 15.3. The fraction of sp³-hybridized carbons (Fsp3) is 0.429. The van der Waals surface area contributed by atoms with Crippen LogP contribution in [0.2, 0.25) is 0 Å². The summed E-state index contributed by atoms with van der Waals surface area (Å²) in [5, 5.41) is 3.20. The third-order valence-electron chi connectivity index (χ3n) is 8.19. The van der Waals surface area contributed by atoms with Crippen molar-refractivity contribution in [2.45, 2.75) is 96.7 Å². The molecule has 1 aliphatic rings. The number of nitrogens with one attached hydrogen (secondary N) is 1. The van der Waals surface area contributed by atoms with Crippen molar-refractivity contribution in [2.75, 3.05) is 10.8 Å². The number of rotatable bonds is 11. The fourth-order valence-corrected chi connectivity index (χ4v) is 7.21. The molecule has 8 heteroatoms. The van der Waals surface area contributed by atoms with Crippen molar-refractivity contribution in [1.82, 2.24) is 10.2 Å². The number of hydrogen-bond acceptors (Lipinski definition) is 4. The molecule has 0 heterocycles. The summed E-state index contributed by atoms with van der Waals surface area (Å²) in [6.45, 7) is 9.36. The maximum Gasteiger partial charge on any atom is 0.264 e. The molecule has 2 amide bonds. The number of nitrogens with zero attached hydrogens (tertiary/aromatic N) is 2. The second kappa shape index (κ2) is 14.2. The van der Waals surface area contributed by atoms with E-state index in [1.165, 1.54) is 10.7 Å². The Kier molecular flexibility index (Phi) is 10.7. The van der Waals surface area contributed by atoms with Gasteiger partial charge in [-0.2, -0.15) is 0 Å². The molecule has 4 rings (SSSR count). The van der Waals surface area contributed by atoms with E-state index in [1.807, 2.05) is 65.0 Å². The topological polar surface area (TPSA) is 86.8 Å². The van der Waals surface area contributed by atoms with Crippen molar-refractivity contribution in [2.24, 2.45) is 0 Å². The fourth-order valence-electron chi connectivity index (χ4n) is 5.81. The summed E-state index contributed by atoms with van der Waals surface area (Å²) >= 11 is 0. The van der Waals surface area contributed by atoms with Crippen LogP contribution in [0.15, 0.2) is 71.6 Å². The maximum atomic E-state index is 14.3. The zero-order valence-corrected chi connectivity index (χ0v) is 26.9. The highest BCUT2D eigenvalue weighted by Crippen LogP contribution is 2.27. The van der Waals surface area contributed by atoms with Gasteiger partial charge < -0.3 is 10.2 Å². The van der Waals surface area contributed by atoms with Crippen LogP contribution in [0.1, 0.15) is 73.3 Å². The van der Waals surface area contributed by atoms with Crippen LogP contribution in [0.5, 0.6) is 0 Å². The minimum atomic E-state index is -4.10. The third kappa shape index (κ3) is 8.25.